The molecule has 0 aromatic carbocycles. The fourth-order valence-electron chi connectivity index (χ4n) is 3.19. The van der Waals surface area contributed by atoms with E-state index in [0.29, 0.717) is 12.0 Å². The Labute approximate surface area is 123 Å². The van der Waals surface area contributed by atoms with E-state index in [2.05, 4.69) is 57.0 Å². The van der Waals surface area contributed by atoms with Gasteiger partial charge in [-0.2, -0.15) is 0 Å². The molecule has 0 spiro atoms. The highest BCUT2D eigenvalue weighted by molar-refractivity contribution is 9.11. The van der Waals surface area contributed by atoms with Crippen LogP contribution in [0.3, 0.4) is 0 Å². The molecular weight excluding hydrogens is 300 g/mol. The van der Waals surface area contributed by atoms with Crippen molar-refractivity contribution in [2.24, 2.45) is 10.9 Å². The van der Waals surface area contributed by atoms with Gasteiger partial charge < -0.3 is 4.90 Å². The lowest BCUT2D eigenvalue weighted by Gasteiger charge is -2.26. The van der Waals surface area contributed by atoms with Gasteiger partial charge in [0.15, 0.2) is 0 Å². The molecule has 0 saturated carbocycles. The van der Waals surface area contributed by atoms with Gasteiger partial charge >= 0.3 is 0 Å². The van der Waals surface area contributed by atoms with Crippen molar-refractivity contribution in [1.29, 1.82) is 0 Å². The summed E-state index contributed by atoms with van der Waals surface area (Å²) in [7, 11) is 2.24. The van der Waals surface area contributed by atoms with Crippen molar-refractivity contribution < 1.29 is 0 Å². The van der Waals surface area contributed by atoms with Gasteiger partial charge in [-0.3, -0.25) is 4.99 Å². The van der Waals surface area contributed by atoms with Crippen LogP contribution in [0.1, 0.15) is 19.3 Å². The molecule has 0 amide bonds. The first kappa shape index (κ1) is 13.1. The predicted molar refractivity (Wildman–Crippen MR) is 83.8 cm³/mol. The van der Waals surface area contributed by atoms with Crippen LogP contribution in [0.5, 0.6) is 0 Å². The molecule has 19 heavy (non-hydrogen) atoms. The highest BCUT2D eigenvalue weighted by Gasteiger charge is 2.27. The standard InChI is InChI=1S/C16H19BrN2/c1-19-7-3-6-15(19)8-13-11-18-10-12-4-2-5-14(17)9-16(12)13/h4-5,9,11,13,15H,3,6-8,10H2,1H3. The number of dihydropyridines is 1. The van der Waals surface area contributed by atoms with Crippen molar-refractivity contribution in [1.82, 2.24) is 4.90 Å². The zero-order chi connectivity index (χ0) is 13.2. The molecule has 0 aromatic rings. The molecule has 100 valence electrons. The Kier molecular flexibility index (Phi) is 3.88. The van der Waals surface area contributed by atoms with Crippen molar-refractivity contribution in [3.05, 3.63) is 39.6 Å². The molecule has 2 aliphatic heterocycles. The van der Waals surface area contributed by atoms with Crippen molar-refractivity contribution in [3.8, 4) is 0 Å². The monoisotopic (exact) mass is 318 g/mol. The normalized spacial score (nSPS) is 30.5. The Morgan fingerprint density at radius 3 is 3.16 bits per heavy atom. The molecule has 3 heteroatoms. The minimum atomic E-state index is 0.450. The highest BCUT2D eigenvalue weighted by atomic mass is 79.9. The third kappa shape index (κ3) is 2.84. The summed E-state index contributed by atoms with van der Waals surface area (Å²) in [5, 5.41) is 0. The predicted octanol–water partition coefficient (Wildman–Crippen LogP) is 3.47. The second kappa shape index (κ2) is 5.62. The van der Waals surface area contributed by atoms with Crippen LogP contribution in [0.2, 0.25) is 0 Å². The van der Waals surface area contributed by atoms with Gasteiger partial charge in [0, 0.05) is 22.7 Å². The summed E-state index contributed by atoms with van der Waals surface area (Å²) in [5.41, 5.74) is 5.95. The van der Waals surface area contributed by atoms with Gasteiger partial charge in [-0.15, -0.1) is 5.73 Å². The van der Waals surface area contributed by atoms with Gasteiger partial charge in [0.05, 0.1) is 6.54 Å². The first-order valence-electron chi connectivity index (χ1n) is 6.97. The number of hydrogen-bond donors (Lipinski definition) is 0. The minimum Gasteiger partial charge on any atom is -0.303 e. The number of allylic oxidation sites excluding steroid dienone is 3. The number of rotatable bonds is 2. The van der Waals surface area contributed by atoms with E-state index in [1.165, 1.54) is 37.0 Å². The van der Waals surface area contributed by atoms with Gasteiger partial charge in [0.2, 0.25) is 0 Å². The van der Waals surface area contributed by atoms with Crippen molar-refractivity contribution in [2.45, 2.75) is 25.3 Å². The van der Waals surface area contributed by atoms with Gasteiger partial charge in [-0.1, -0.05) is 15.9 Å². The first-order valence-corrected chi connectivity index (χ1v) is 7.76. The average Bonchev–Trinajstić information content (AvgIpc) is 2.68. The molecule has 0 bridgehead atoms. The van der Waals surface area contributed by atoms with E-state index in [-0.39, 0.29) is 0 Å². The molecule has 1 fully saturated rings. The maximum Gasteiger partial charge on any atom is 0.0645 e. The third-order valence-electron chi connectivity index (χ3n) is 4.29. The Hall–Kier alpha value is -0.890. The van der Waals surface area contributed by atoms with Crippen LogP contribution >= 0.6 is 15.9 Å². The van der Waals surface area contributed by atoms with Crippen LogP contribution in [0.25, 0.3) is 0 Å². The summed E-state index contributed by atoms with van der Waals surface area (Å²) in [5.74, 6) is 0.450. The van der Waals surface area contributed by atoms with Crippen LogP contribution < -0.4 is 0 Å². The molecule has 0 N–H and O–H groups in total. The van der Waals surface area contributed by atoms with Crippen LogP contribution in [0.15, 0.2) is 44.6 Å². The second-order valence-corrected chi connectivity index (χ2v) is 6.49. The van der Waals surface area contributed by atoms with Gasteiger partial charge in [0.25, 0.3) is 0 Å². The van der Waals surface area contributed by atoms with Gasteiger partial charge in [0.1, 0.15) is 0 Å². The third-order valence-corrected chi connectivity index (χ3v) is 4.74. The smallest absolute Gasteiger partial charge is 0.0645 e. The first-order chi connectivity index (χ1) is 9.24. The molecule has 2 nitrogen and oxygen atoms in total. The summed E-state index contributed by atoms with van der Waals surface area (Å²) in [6, 6.07) is 0.704. The van der Waals surface area contributed by atoms with Gasteiger partial charge in [-0.05, 0) is 62.2 Å². The minimum absolute atomic E-state index is 0.450. The second-order valence-electron chi connectivity index (χ2n) is 5.57. The average molecular weight is 319 g/mol. The Balaban J connectivity index is 1.83. The van der Waals surface area contributed by atoms with E-state index in [1.54, 1.807) is 0 Å². The number of halogens is 1. The topological polar surface area (TPSA) is 15.6 Å². The van der Waals surface area contributed by atoms with Crippen LogP contribution in [0.4, 0.5) is 0 Å². The largest absolute Gasteiger partial charge is 0.303 e. The maximum absolute atomic E-state index is 4.55. The summed E-state index contributed by atoms with van der Waals surface area (Å²) in [4.78, 5) is 7.04. The highest BCUT2D eigenvalue weighted by Crippen LogP contribution is 2.31. The summed E-state index contributed by atoms with van der Waals surface area (Å²) in [6.45, 7) is 2.03. The zero-order valence-electron chi connectivity index (χ0n) is 11.3. The Bertz CT molecular complexity index is 521. The molecule has 0 aromatic heterocycles. The molecule has 3 aliphatic rings. The number of aliphatic imine (C=N–C) groups is 1. The number of nitrogens with zero attached hydrogens (tertiary/aromatic N) is 2. The maximum atomic E-state index is 4.55. The lowest BCUT2D eigenvalue weighted by Crippen LogP contribution is -2.29. The summed E-state index contributed by atoms with van der Waals surface area (Å²) < 4.78 is 1.11. The Morgan fingerprint density at radius 1 is 1.47 bits per heavy atom. The fourth-order valence-corrected chi connectivity index (χ4v) is 3.57. The Morgan fingerprint density at radius 2 is 2.37 bits per heavy atom. The molecule has 2 unspecified atom stereocenters. The molecule has 0 radical (unpaired) electrons. The number of likely N-dealkylation sites (tertiary alicyclic amines) is 1. The van der Waals surface area contributed by atoms with E-state index in [9.17, 15) is 0 Å². The molecule has 3 rings (SSSR count). The van der Waals surface area contributed by atoms with Crippen molar-refractivity contribution in [2.75, 3.05) is 20.1 Å². The van der Waals surface area contributed by atoms with Crippen LogP contribution in [0, 0.1) is 5.92 Å². The lowest BCUT2D eigenvalue weighted by atomic mass is 9.87. The fraction of sp³-hybridized carbons (Fsp3) is 0.500. The molecule has 1 aliphatic carbocycles. The van der Waals surface area contributed by atoms with E-state index < -0.39 is 0 Å². The zero-order valence-corrected chi connectivity index (χ0v) is 12.9. The van der Waals surface area contributed by atoms with E-state index in [1.807, 2.05) is 6.08 Å². The van der Waals surface area contributed by atoms with E-state index in [0.717, 1.165) is 11.0 Å². The van der Waals surface area contributed by atoms with Crippen LogP contribution in [-0.4, -0.2) is 37.3 Å². The molecule has 2 atom stereocenters. The van der Waals surface area contributed by atoms with E-state index in [4.69, 9.17) is 0 Å². The molecular formula is C16H19BrN2. The quantitative estimate of drug-likeness (QED) is 0.712. The molecule has 1 saturated heterocycles. The SMILES string of the molecule is CN1CCCC1CC1C=NCC2=C1C=C(Br)C=C=C2. The number of hydrogen-bond acceptors (Lipinski definition) is 2. The summed E-state index contributed by atoms with van der Waals surface area (Å²) >= 11 is 3.59. The van der Waals surface area contributed by atoms with Crippen molar-refractivity contribution >= 4 is 22.1 Å². The van der Waals surface area contributed by atoms with Crippen LogP contribution in [-0.2, 0) is 0 Å². The molecule has 2 heterocycles. The lowest BCUT2D eigenvalue weighted by molar-refractivity contribution is 0.287. The van der Waals surface area contributed by atoms with Crippen molar-refractivity contribution in [3.63, 3.8) is 0 Å². The van der Waals surface area contributed by atoms with E-state index >= 15 is 0 Å². The van der Waals surface area contributed by atoms with Gasteiger partial charge in [-0.25, -0.2) is 0 Å². The summed E-state index contributed by atoms with van der Waals surface area (Å²) in [6.07, 6.45) is 12.3.